The Morgan fingerprint density at radius 2 is 2.07 bits per heavy atom. The number of likely N-dealkylation sites (tertiary alicyclic amines) is 1. The minimum atomic E-state index is -0.563. The highest BCUT2D eigenvalue weighted by molar-refractivity contribution is 5.85. The lowest BCUT2D eigenvalue weighted by atomic mass is 9.79. The molecule has 1 aromatic rings. The quantitative estimate of drug-likeness (QED) is 0.592. The lowest BCUT2D eigenvalue weighted by Gasteiger charge is -2.45. The Bertz CT molecular complexity index is 722. The number of fused-ring (bicyclic) bond motifs is 2. The standard InChI is InChI=1S/C20H30N4O4.ClH/c1-27-15-4-5-16-14(13-15)6-12-28-20(16)7-10-24(11-8-20)18(25)17(21)3-2-9-23-19(22)26;/h4-5,13,17H,2-3,6-12,21H2,1H3,(H3,22,23,26);1H/t17-;/m0./s1. The van der Waals surface area contributed by atoms with Crippen LogP contribution in [0.2, 0.25) is 0 Å². The minimum Gasteiger partial charge on any atom is -0.497 e. The first kappa shape index (κ1) is 23.3. The number of piperidine rings is 1. The number of primary amides is 1. The zero-order valence-corrected chi connectivity index (χ0v) is 17.6. The van der Waals surface area contributed by atoms with Gasteiger partial charge in [-0.05, 0) is 55.4 Å². The van der Waals surface area contributed by atoms with Crippen LogP contribution in [0.3, 0.4) is 0 Å². The fourth-order valence-corrected chi connectivity index (χ4v) is 4.18. The van der Waals surface area contributed by atoms with E-state index in [9.17, 15) is 9.59 Å². The highest BCUT2D eigenvalue weighted by Crippen LogP contribution is 2.42. The van der Waals surface area contributed by atoms with E-state index in [0.29, 0.717) is 39.1 Å². The van der Waals surface area contributed by atoms with Crippen molar-refractivity contribution < 1.29 is 19.1 Å². The molecule has 0 saturated carbocycles. The average molecular weight is 427 g/mol. The van der Waals surface area contributed by atoms with Gasteiger partial charge < -0.3 is 31.2 Å². The third kappa shape index (κ3) is 5.32. The van der Waals surface area contributed by atoms with Crippen molar-refractivity contribution in [2.45, 2.75) is 43.7 Å². The molecule has 1 saturated heterocycles. The lowest BCUT2D eigenvalue weighted by molar-refractivity contribution is -0.142. The first-order valence-electron chi connectivity index (χ1n) is 9.84. The van der Waals surface area contributed by atoms with Crippen LogP contribution in [-0.4, -0.2) is 56.2 Å². The summed E-state index contributed by atoms with van der Waals surface area (Å²) in [5, 5.41) is 2.51. The van der Waals surface area contributed by atoms with Gasteiger partial charge in [-0.25, -0.2) is 4.79 Å². The third-order valence-corrected chi connectivity index (χ3v) is 5.74. The largest absolute Gasteiger partial charge is 0.497 e. The van der Waals surface area contributed by atoms with Gasteiger partial charge in [-0.15, -0.1) is 12.4 Å². The average Bonchev–Trinajstić information content (AvgIpc) is 2.71. The molecule has 2 aliphatic heterocycles. The Balaban J connectivity index is 0.00000300. The number of carbonyl (C=O) groups excluding carboxylic acids is 2. The predicted molar refractivity (Wildman–Crippen MR) is 112 cm³/mol. The molecule has 5 N–H and O–H groups in total. The predicted octanol–water partition coefficient (Wildman–Crippen LogP) is 1.28. The van der Waals surface area contributed by atoms with E-state index in [2.05, 4.69) is 17.4 Å². The molecule has 1 fully saturated rings. The van der Waals surface area contributed by atoms with Crippen LogP contribution < -0.4 is 21.5 Å². The van der Waals surface area contributed by atoms with Crippen LogP contribution in [0.5, 0.6) is 5.75 Å². The SMILES string of the molecule is COc1ccc2c(c1)CCOC21CCN(C(=O)[C@@H](N)CCCNC(N)=O)CC1.Cl. The van der Waals surface area contributed by atoms with Gasteiger partial charge in [-0.3, -0.25) is 4.79 Å². The van der Waals surface area contributed by atoms with E-state index in [0.717, 1.165) is 25.0 Å². The number of nitrogens with two attached hydrogens (primary N) is 2. The van der Waals surface area contributed by atoms with Crippen molar-refractivity contribution in [3.05, 3.63) is 29.3 Å². The van der Waals surface area contributed by atoms with Crippen LogP contribution in [0.1, 0.15) is 36.8 Å². The van der Waals surface area contributed by atoms with Crippen molar-refractivity contribution in [2.24, 2.45) is 11.5 Å². The second kappa shape index (κ2) is 10.1. The number of methoxy groups -OCH3 is 1. The van der Waals surface area contributed by atoms with E-state index in [-0.39, 0.29) is 23.9 Å². The zero-order valence-electron chi connectivity index (χ0n) is 16.8. The summed E-state index contributed by atoms with van der Waals surface area (Å²) < 4.78 is 11.6. The number of carbonyl (C=O) groups is 2. The van der Waals surface area contributed by atoms with E-state index in [1.165, 1.54) is 11.1 Å². The molecule has 9 heteroatoms. The van der Waals surface area contributed by atoms with Gasteiger partial charge in [0.2, 0.25) is 5.91 Å². The number of ether oxygens (including phenoxy) is 2. The van der Waals surface area contributed by atoms with Crippen LogP contribution in [0.25, 0.3) is 0 Å². The fraction of sp³-hybridized carbons (Fsp3) is 0.600. The van der Waals surface area contributed by atoms with Gasteiger partial charge in [0.15, 0.2) is 0 Å². The molecule has 1 spiro atoms. The smallest absolute Gasteiger partial charge is 0.312 e. The summed E-state index contributed by atoms with van der Waals surface area (Å²) in [6, 6.07) is 5.04. The third-order valence-electron chi connectivity index (χ3n) is 5.74. The molecule has 1 aromatic carbocycles. The summed E-state index contributed by atoms with van der Waals surface area (Å²) in [6.07, 6.45) is 3.52. The number of benzene rings is 1. The van der Waals surface area contributed by atoms with Gasteiger partial charge in [0.05, 0.1) is 25.4 Å². The molecule has 3 amide bonds. The van der Waals surface area contributed by atoms with Gasteiger partial charge in [0, 0.05) is 19.6 Å². The summed E-state index contributed by atoms with van der Waals surface area (Å²) in [6.45, 7) is 2.35. The monoisotopic (exact) mass is 426 g/mol. The summed E-state index contributed by atoms with van der Waals surface area (Å²) in [5.41, 5.74) is 13.2. The zero-order chi connectivity index (χ0) is 20.1. The Morgan fingerprint density at radius 3 is 2.72 bits per heavy atom. The van der Waals surface area contributed by atoms with Crippen molar-refractivity contribution >= 4 is 24.3 Å². The van der Waals surface area contributed by atoms with Crippen LogP contribution >= 0.6 is 12.4 Å². The molecule has 0 aliphatic carbocycles. The van der Waals surface area contributed by atoms with Gasteiger partial charge in [-0.1, -0.05) is 6.07 Å². The summed E-state index contributed by atoms with van der Waals surface area (Å²) >= 11 is 0. The van der Waals surface area contributed by atoms with Crippen molar-refractivity contribution in [3.63, 3.8) is 0 Å². The van der Waals surface area contributed by atoms with Gasteiger partial charge in [-0.2, -0.15) is 0 Å². The van der Waals surface area contributed by atoms with Crippen LogP contribution in [-0.2, 0) is 21.6 Å². The molecule has 0 bridgehead atoms. The Kier molecular flexibility index (Phi) is 8.13. The summed E-state index contributed by atoms with van der Waals surface area (Å²) in [5.74, 6) is 0.819. The molecule has 1 atom stereocenters. The highest BCUT2D eigenvalue weighted by atomic mass is 35.5. The molecular formula is C20H31ClN4O4. The van der Waals surface area contributed by atoms with E-state index < -0.39 is 12.1 Å². The highest BCUT2D eigenvalue weighted by Gasteiger charge is 2.42. The van der Waals surface area contributed by atoms with Crippen molar-refractivity contribution in [2.75, 3.05) is 33.4 Å². The molecule has 0 aromatic heterocycles. The molecule has 3 rings (SSSR count). The summed E-state index contributed by atoms with van der Waals surface area (Å²) in [7, 11) is 1.67. The molecule has 2 heterocycles. The minimum absolute atomic E-state index is 0. The number of rotatable bonds is 6. The van der Waals surface area contributed by atoms with Crippen LogP contribution in [0, 0.1) is 0 Å². The lowest BCUT2D eigenvalue weighted by Crippen LogP contribution is -2.52. The molecule has 162 valence electrons. The fourth-order valence-electron chi connectivity index (χ4n) is 4.18. The Hall–Kier alpha value is -2.03. The van der Waals surface area contributed by atoms with E-state index in [1.807, 2.05) is 11.0 Å². The van der Waals surface area contributed by atoms with Crippen molar-refractivity contribution in [3.8, 4) is 5.75 Å². The van der Waals surface area contributed by atoms with Crippen LogP contribution in [0.4, 0.5) is 4.79 Å². The molecular weight excluding hydrogens is 396 g/mol. The Morgan fingerprint density at radius 1 is 1.34 bits per heavy atom. The first-order chi connectivity index (χ1) is 13.4. The number of nitrogens with one attached hydrogen (secondary N) is 1. The van der Waals surface area contributed by atoms with Gasteiger partial charge in [0.1, 0.15) is 5.75 Å². The maximum Gasteiger partial charge on any atom is 0.312 e. The van der Waals surface area contributed by atoms with Gasteiger partial charge >= 0.3 is 6.03 Å². The normalized spacial score (nSPS) is 18.3. The van der Waals surface area contributed by atoms with Crippen molar-refractivity contribution in [1.82, 2.24) is 10.2 Å². The molecule has 8 nitrogen and oxygen atoms in total. The maximum absolute atomic E-state index is 12.7. The summed E-state index contributed by atoms with van der Waals surface area (Å²) in [4.78, 5) is 25.2. The number of hydrogen-bond donors (Lipinski definition) is 3. The van der Waals surface area contributed by atoms with Gasteiger partial charge in [0.25, 0.3) is 0 Å². The second-order valence-corrected chi connectivity index (χ2v) is 7.48. The number of nitrogens with zero attached hydrogens (tertiary/aromatic N) is 1. The number of hydrogen-bond acceptors (Lipinski definition) is 5. The second-order valence-electron chi connectivity index (χ2n) is 7.48. The molecule has 0 unspecified atom stereocenters. The first-order valence-corrected chi connectivity index (χ1v) is 9.84. The molecule has 2 aliphatic rings. The van der Waals surface area contributed by atoms with Crippen LogP contribution in [0.15, 0.2) is 18.2 Å². The topological polar surface area (TPSA) is 120 Å². The molecule has 29 heavy (non-hydrogen) atoms. The van der Waals surface area contributed by atoms with Crippen molar-refractivity contribution in [1.29, 1.82) is 0 Å². The van der Waals surface area contributed by atoms with E-state index in [4.69, 9.17) is 20.9 Å². The van der Waals surface area contributed by atoms with E-state index in [1.54, 1.807) is 7.11 Å². The number of amides is 3. The molecule has 0 radical (unpaired) electrons. The number of halogens is 1. The Labute approximate surface area is 177 Å². The number of urea groups is 1. The maximum atomic E-state index is 12.7. The van der Waals surface area contributed by atoms with E-state index >= 15 is 0 Å².